The van der Waals surface area contributed by atoms with E-state index in [4.69, 9.17) is 9.47 Å². The number of fused-ring (bicyclic) bond motifs is 2. The van der Waals surface area contributed by atoms with Crippen LogP contribution in [0.5, 0.6) is 0 Å². The van der Waals surface area contributed by atoms with Gasteiger partial charge >= 0.3 is 5.97 Å². The van der Waals surface area contributed by atoms with E-state index in [2.05, 4.69) is 35.8 Å². The highest BCUT2D eigenvalue weighted by atomic mass is 19.1. The van der Waals surface area contributed by atoms with Crippen LogP contribution in [0.2, 0.25) is 0 Å². The second-order valence-electron chi connectivity index (χ2n) is 10.4. The quantitative estimate of drug-likeness (QED) is 0.382. The van der Waals surface area contributed by atoms with Gasteiger partial charge in [-0.05, 0) is 74.2 Å². The Labute approximate surface area is 218 Å². The van der Waals surface area contributed by atoms with Gasteiger partial charge in [-0.3, -0.25) is 0 Å². The van der Waals surface area contributed by atoms with Crippen molar-refractivity contribution in [2.75, 3.05) is 33.9 Å². The molecule has 4 rings (SSSR count). The number of para-hydroxylation sites is 2. The molecule has 0 spiro atoms. The third-order valence-corrected chi connectivity index (χ3v) is 7.38. The average molecular weight is 514 g/mol. The fraction of sp³-hybridized carbons (Fsp3) is 0.517. The number of nitrogens with one attached hydrogen (secondary N) is 1. The van der Waals surface area contributed by atoms with E-state index in [1.807, 2.05) is 30.3 Å². The zero-order chi connectivity index (χ0) is 25.7. The summed E-state index contributed by atoms with van der Waals surface area (Å²) in [6, 6.07) is 13.1. The molecule has 0 amide bonds. The summed E-state index contributed by atoms with van der Waals surface area (Å²) >= 11 is 0. The van der Waals surface area contributed by atoms with Crippen molar-refractivity contribution >= 4 is 17.0 Å². The van der Waals surface area contributed by atoms with Crippen molar-refractivity contribution in [3.63, 3.8) is 0 Å². The lowest BCUT2D eigenvalue weighted by atomic mass is 9.65. The Balaban J connectivity index is 0.00000380. The molecular weight excluding hydrogens is 473 g/mol. The van der Waals surface area contributed by atoms with E-state index in [-0.39, 0.29) is 35.7 Å². The van der Waals surface area contributed by atoms with Crippen molar-refractivity contribution in [2.45, 2.75) is 57.5 Å². The topological polar surface area (TPSA) is 99.0 Å². The molecular formula is C29H40FN3O4. The number of methoxy groups -OCH3 is 1. The number of ether oxygens (including phenoxy) is 2. The van der Waals surface area contributed by atoms with Gasteiger partial charge in [0, 0.05) is 32.4 Å². The van der Waals surface area contributed by atoms with Gasteiger partial charge in [-0.1, -0.05) is 32.0 Å². The van der Waals surface area contributed by atoms with E-state index < -0.39 is 5.60 Å². The summed E-state index contributed by atoms with van der Waals surface area (Å²) in [5.74, 6) is 0.485. The standard InChI is InChI=1S/C29H38FN3O3.H2O/c1-20(2)28-23-18-22(30)12-11-21(23)13-14-29(28,36-27(34)19-35-4)15-17-33(3)16-7-10-26-31-24-8-5-6-9-25(24)32-26;/h5-6,8-9,11-12,18,20,28H,7,10,13-17,19H2,1-4H3,(H,31,32);1H2/t28-,29-;/m0./s1. The first-order valence-electron chi connectivity index (χ1n) is 12.9. The molecule has 0 aliphatic heterocycles. The third kappa shape index (κ3) is 6.74. The summed E-state index contributed by atoms with van der Waals surface area (Å²) in [6.07, 6.45) is 4.00. The first kappa shape index (κ1) is 28.8. The summed E-state index contributed by atoms with van der Waals surface area (Å²) in [5.41, 5.74) is 3.47. The number of benzene rings is 2. The van der Waals surface area contributed by atoms with Crippen LogP contribution in [0.4, 0.5) is 4.39 Å². The molecule has 8 heteroatoms. The third-order valence-electron chi connectivity index (χ3n) is 7.38. The van der Waals surface area contributed by atoms with Crippen LogP contribution in [0.25, 0.3) is 11.0 Å². The van der Waals surface area contributed by atoms with Gasteiger partial charge in [0.25, 0.3) is 0 Å². The van der Waals surface area contributed by atoms with Crippen LogP contribution >= 0.6 is 0 Å². The number of hydrogen-bond acceptors (Lipinski definition) is 5. The van der Waals surface area contributed by atoms with Crippen LogP contribution < -0.4 is 0 Å². The zero-order valence-corrected chi connectivity index (χ0v) is 22.4. The zero-order valence-electron chi connectivity index (χ0n) is 22.4. The number of nitrogens with zero attached hydrogens (tertiary/aromatic N) is 2. The molecule has 3 aromatic rings. The van der Waals surface area contributed by atoms with Gasteiger partial charge in [0.2, 0.25) is 0 Å². The van der Waals surface area contributed by atoms with E-state index in [9.17, 15) is 9.18 Å². The van der Waals surface area contributed by atoms with Crippen molar-refractivity contribution in [1.29, 1.82) is 0 Å². The lowest BCUT2D eigenvalue weighted by molar-refractivity contribution is -0.172. The molecule has 37 heavy (non-hydrogen) atoms. The van der Waals surface area contributed by atoms with Gasteiger partial charge in [-0.15, -0.1) is 0 Å². The number of aromatic nitrogens is 2. The highest BCUT2D eigenvalue weighted by molar-refractivity contribution is 5.74. The monoisotopic (exact) mass is 513 g/mol. The first-order chi connectivity index (χ1) is 17.3. The van der Waals surface area contributed by atoms with Gasteiger partial charge in [-0.2, -0.15) is 0 Å². The molecule has 2 atom stereocenters. The Morgan fingerprint density at radius 1 is 1.24 bits per heavy atom. The minimum atomic E-state index is -0.697. The Morgan fingerprint density at radius 2 is 2.03 bits per heavy atom. The van der Waals surface area contributed by atoms with Crippen LogP contribution in [0, 0.1) is 11.7 Å². The highest BCUT2D eigenvalue weighted by Crippen LogP contribution is 2.48. The molecule has 7 nitrogen and oxygen atoms in total. The maximum Gasteiger partial charge on any atom is 0.332 e. The largest absolute Gasteiger partial charge is 0.457 e. The van der Waals surface area contributed by atoms with E-state index in [1.54, 1.807) is 6.07 Å². The minimum Gasteiger partial charge on any atom is -0.457 e. The Morgan fingerprint density at radius 3 is 2.76 bits per heavy atom. The number of aryl methyl sites for hydroxylation is 2. The van der Waals surface area contributed by atoms with Gasteiger partial charge in [0.15, 0.2) is 0 Å². The van der Waals surface area contributed by atoms with Crippen LogP contribution in [0.3, 0.4) is 0 Å². The highest BCUT2D eigenvalue weighted by Gasteiger charge is 2.47. The number of halogens is 1. The molecule has 0 radical (unpaired) electrons. The molecule has 0 unspecified atom stereocenters. The Hall–Kier alpha value is -2.81. The van der Waals surface area contributed by atoms with E-state index in [0.29, 0.717) is 6.42 Å². The molecule has 1 aliphatic rings. The molecule has 0 saturated heterocycles. The summed E-state index contributed by atoms with van der Waals surface area (Å²) in [6.45, 7) is 5.84. The normalized spacial score (nSPS) is 19.2. The minimum absolute atomic E-state index is 0. The smallest absolute Gasteiger partial charge is 0.332 e. The Bertz CT molecular complexity index is 1150. The van der Waals surface area contributed by atoms with Crippen LogP contribution in [0.15, 0.2) is 42.5 Å². The lowest BCUT2D eigenvalue weighted by Gasteiger charge is -2.47. The van der Waals surface area contributed by atoms with Crippen LogP contribution in [0.1, 0.15) is 56.0 Å². The molecule has 0 saturated carbocycles. The van der Waals surface area contributed by atoms with Crippen molar-refractivity contribution in [1.82, 2.24) is 14.9 Å². The number of hydrogen-bond donors (Lipinski definition) is 1. The molecule has 1 aromatic heterocycles. The van der Waals surface area contributed by atoms with E-state index in [0.717, 1.165) is 66.8 Å². The molecule has 2 aromatic carbocycles. The number of rotatable bonds is 11. The number of carbonyl (C=O) groups is 1. The maximum absolute atomic E-state index is 14.3. The number of esters is 1. The fourth-order valence-electron chi connectivity index (χ4n) is 5.79. The van der Waals surface area contributed by atoms with Gasteiger partial charge in [-0.25, -0.2) is 14.2 Å². The fourth-order valence-corrected chi connectivity index (χ4v) is 5.79. The first-order valence-corrected chi connectivity index (χ1v) is 12.9. The molecule has 0 bridgehead atoms. The van der Waals surface area contributed by atoms with Crippen LogP contribution in [-0.2, 0) is 27.1 Å². The summed E-state index contributed by atoms with van der Waals surface area (Å²) in [7, 11) is 3.60. The van der Waals surface area contributed by atoms with Crippen molar-refractivity contribution in [2.24, 2.45) is 5.92 Å². The van der Waals surface area contributed by atoms with Crippen LogP contribution in [-0.4, -0.2) is 65.8 Å². The maximum atomic E-state index is 14.3. The predicted octanol–water partition coefficient (Wildman–Crippen LogP) is 4.45. The lowest BCUT2D eigenvalue weighted by Crippen LogP contribution is -2.49. The Kier molecular flexibility index (Phi) is 9.81. The molecule has 3 N–H and O–H groups in total. The van der Waals surface area contributed by atoms with E-state index >= 15 is 0 Å². The van der Waals surface area contributed by atoms with Crippen molar-refractivity contribution < 1.29 is 24.1 Å². The number of H-pyrrole nitrogens is 1. The van der Waals surface area contributed by atoms with Gasteiger partial charge in [0.05, 0.1) is 11.0 Å². The SMILES string of the molecule is COCC(=O)O[C@]1(CCN(C)CCCc2nc3ccccc3[nH]2)CCc2ccc(F)cc2[C@@H]1C(C)C.O. The second kappa shape index (κ2) is 12.6. The van der Waals surface area contributed by atoms with Gasteiger partial charge < -0.3 is 24.8 Å². The predicted molar refractivity (Wildman–Crippen MR) is 143 cm³/mol. The molecule has 1 heterocycles. The van der Waals surface area contributed by atoms with Gasteiger partial charge in [0.1, 0.15) is 23.8 Å². The number of carbonyl (C=O) groups excluding carboxylic acids is 1. The summed E-state index contributed by atoms with van der Waals surface area (Å²) in [5, 5.41) is 0. The molecule has 1 aliphatic carbocycles. The molecule has 0 fully saturated rings. The second-order valence-corrected chi connectivity index (χ2v) is 10.4. The number of imidazole rings is 1. The molecule has 202 valence electrons. The van der Waals surface area contributed by atoms with E-state index in [1.165, 1.54) is 13.2 Å². The average Bonchev–Trinajstić information content (AvgIpc) is 3.25. The summed E-state index contributed by atoms with van der Waals surface area (Å²) < 4.78 is 25.6. The summed E-state index contributed by atoms with van der Waals surface area (Å²) in [4.78, 5) is 23.0. The van der Waals surface area contributed by atoms with Crippen molar-refractivity contribution in [3.05, 3.63) is 65.2 Å². The number of aromatic amines is 1. The van der Waals surface area contributed by atoms with Crippen molar-refractivity contribution in [3.8, 4) is 0 Å².